The number of para-hydroxylation sites is 1. The molecule has 0 unspecified atom stereocenters. The molecule has 5 aromatic rings. The fourth-order valence-electron chi connectivity index (χ4n) is 6.02. The number of anilines is 1. The molecule has 2 aromatic carbocycles. The first-order valence-corrected chi connectivity index (χ1v) is 14.5. The largest absolute Gasteiger partial charge is 0.380 e. The van der Waals surface area contributed by atoms with Gasteiger partial charge in [0.25, 0.3) is 0 Å². The molecule has 212 valence electrons. The summed E-state index contributed by atoms with van der Waals surface area (Å²) in [7, 11) is 1.63. The van der Waals surface area contributed by atoms with Gasteiger partial charge >= 0.3 is 0 Å². The number of aromatic amines is 1. The summed E-state index contributed by atoms with van der Waals surface area (Å²) >= 11 is 0. The van der Waals surface area contributed by atoms with E-state index in [1.165, 1.54) is 11.1 Å². The molecule has 0 aliphatic carbocycles. The van der Waals surface area contributed by atoms with Crippen molar-refractivity contribution in [2.45, 2.75) is 66.0 Å². The molecule has 7 nitrogen and oxygen atoms in total. The number of aromatic nitrogens is 5. The highest BCUT2D eigenvalue weighted by Gasteiger charge is 2.31. The summed E-state index contributed by atoms with van der Waals surface area (Å²) in [5, 5.41) is 6.04. The minimum Gasteiger partial charge on any atom is -0.380 e. The van der Waals surface area contributed by atoms with Gasteiger partial charge in [0.2, 0.25) is 5.95 Å². The SMILES string of the molecule is CCc1cccc(CC)c1-n1nc2c(c1-c1c(F)cc(COC)c3[nH]ccc13)CN(c1ncc(C(C)C)cn1)CC2. The van der Waals surface area contributed by atoms with Gasteiger partial charge in [-0.15, -0.1) is 0 Å². The fourth-order valence-corrected chi connectivity index (χ4v) is 6.02. The van der Waals surface area contributed by atoms with Crippen molar-refractivity contribution in [3.8, 4) is 16.9 Å². The van der Waals surface area contributed by atoms with Crippen molar-refractivity contribution in [2.75, 3.05) is 18.6 Å². The number of hydrogen-bond donors (Lipinski definition) is 1. The molecule has 1 N–H and O–H groups in total. The fraction of sp³-hybridized carbons (Fsp3) is 0.364. The third kappa shape index (κ3) is 4.70. The molecule has 6 rings (SSSR count). The van der Waals surface area contributed by atoms with Crippen LogP contribution >= 0.6 is 0 Å². The molecule has 0 fully saturated rings. The van der Waals surface area contributed by atoms with E-state index in [1.807, 2.05) is 29.3 Å². The standard InChI is InChI=1S/C33H37FN6O/c1-6-21-9-8-10-22(7-2)31(21)40-32(29-25-11-13-35-30(25)23(19-41-5)15-27(29)34)26-18-39(14-12-28(26)38-40)33-36-16-24(17-37-33)20(3)4/h8-11,13,15-17,20,35H,6-7,12,14,18-19H2,1-5H3. The van der Waals surface area contributed by atoms with E-state index in [4.69, 9.17) is 19.8 Å². The van der Waals surface area contributed by atoms with Crippen LogP contribution in [0.15, 0.2) is 48.9 Å². The lowest BCUT2D eigenvalue weighted by molar-refractivity contribution is 0.185. The average Bonchev–Trinajstić information content (AvgIpc) is 3.62. The summed E-state index contributed by atoms with van der Waals surface area (Å²) in [6.45, 7) is 10.2. The van der Waals surface area contributed by atoms with Crippen molar-refractivity contribution < 1.29 is 9.13 Å². The highest BCUT2D eigenvalue weighted by atomic mass is 19.1. The van der Waals surface area contributed by atoms with Gasteiger partial charge in [0.05, 0.1) is 29.2 Å². The molecule has 1 aliphatic rings. The van der Waals surface area contributed by atoms with Crippen molar-refractivity contribution >= 4 is 16.9 Å². The Balaban J connectivity index is 1.59. The van der Waals surface area contributed by atoms with E-state index >= 15 is 4.39 Å². The van der Waals surface area contributed by atoms with Gasteiger partial charge in [-0.1, -0.05) is 45.9 Å². The number of nitrogens with one attached hydrogen (secondary N) is 1. The maximum absolute atomic E-state index is 16.4. The number of methoxy groups -OCH3 is 1. The number of ether oxygens (including phenoxy) is 1. The molecule has 0 spiro atoms. The van der Waals surface area contributed by atoms with Crippen LogP contribution in [-0.2, 0) is 37.2 Å². The maximum atomic E-state index is 16.4. The summed E-state index contributed by atoms with van der Waals surface area (Å²) < 4.78 is 23.8. The van der Waals surface area contributed by atoms with E-state index in [-0.39, 0.29) is 5.82 Å². The van der Waals surface area contributed by atoms with Crippen LogP contribution in [0.1, 0.15) is 67.1 Å². The molecule has 41 heavy (non-hydrogen) atoms. The normalized spacial score (nSPS) is 13.4. The van der Waals surface area contributed by atoms with E-state index in [2.05, 4.69) is 55.8 Å². The van der Waals surface area contributed by atoms with E-state index < -0.39 is 0 Å². The summed E-state index contributed by atoms with van der Waals surface area (Å²) in [6.07, 6.45) is 8.12. The third-order valence-corrected chi connectivity index (χ3v) is 8.23. The molecule has 0 radical (unpaired) electrons. The molecule has 0 saturated carbocycles. The van der Waals surface area contributed by atoms with Crippen molar-refractivity contribution in [3.05, 3.63) is 88.3 Å². The second kappa shape index (κ2) is 11.1. The smallest absolute Gasteiger partial charge is 0.225 e. The Kier molecular flexibility index (Phi) is 7.34. The second-order valence-corrected chi connectivity index (χ2v) is 11.1. The van der Waals surface area contributed by atoms with Crippen molar-refractivity contribution in [1.29, 1.82) is 0 Å². The Morgan fingerprint density at radius 1 is 1.05 bits per heavy atom. The van der Waals surface area contributed by atoms with Gasteiger partial charge in [0, 0.05) is 67.3 Å². The molecule has 1 aliphatic heterocycles. The van der Waals surface area contributed by atoms with Gasteiger partial charge in [-0.2, -0.15) is 5.10 Å². The number of fused-ring (bicyclic) bond motifs is 2. The van der Waals surface area contributed by atoms with Crippen LogP contribution in [0.4, 0.5) is 10.3 Å². The van der Waals surface area contributed by atoms with Crippen LogP contribution in [0.3, 0.4) is 0 Å². The molecule has 4 heterocycles. The number of nitrogens with zero attached hydrogens (tertiary/aromatic N) is 5. The maximum Gasteiger partial charge on any atom is 0.225 e. The van der Waals surface area contributed by atoms with E-state index in [0.29, 0.717) is 30.6 Å². The van der Waals surface area contributed by atoms with Gasteiger partial charge in [0.15, 0.2) is 0 Å². The Morgan fingerprint density at radius 2 is 1.78 bits per heavy atom. The molecule has 0 bridgehead atoms. The van der Waals surface area contributed by atoms with Crippen LogP contribution in [-0.4, -0.2) is 38.4 Å². The minimum absolute atomic E-state index is 0.283. The highest BCUT2D eigenvalue weighted by molar-refractivity contribution is 5.97. The molecular formula is C33H37FN6O. The summed E-state index contributed by atoms with van der Waals surface area (Å²) in [5.74, 6) is 0.764. The molecular weight excluding hydrogens is 515 g/mol. The van der Waals surface area contributed by atoms with Gasteiger partial charge < -0.3 is 14.6 Å². The van der Waals surface area contributed by atoms with Crippen LogP contribution in [0, 0.1) is 5.82 Å². The number of hydrogen-bond acceptors (Lipinski definition) is 5. The zero-order valence-corrected chi connectivity index (χ0v) is 24.5. The lowest BCUT2D eigenvalue weighted by Crippen LogP contribution is -2.31. The number of rotatable bonds is 8. The lowest BCUT2D eigenvalue weighted by atomic mass is 9.95. The van der Waals surface area contributed by atoms with Gasteiger partial charge in [-0.25, -0.2) is 19.0 Å². The van der Waals surface area contributed by atoms with Crippen molar-refractivity contribution in [3.63, 3.8) is 0 Å². The summed E-state index contributed by atoms with van der Waals surface area (Å²) in [5.41, 5.74) is 9.57. The van der Waals surface area contributed by atoms with E-state index in [9.17, 15) is 0 Å². The minimum atomic E-state index is -0.283. The zero-order chi connectivity index (χ0) is 28.7. The van der Waals surface area contributed by atoms with Crippen LogP contribution in [0.5, 0.6) is 0 Å². The third-order valence-electron chi connectivity index (χ3n) is 8.23. The first-order chi connectivity index (χ1) is 19.9. The number of benzene rings is 2. The summed E-state index contributed by atoms with van der Waals surface area (Å²) in [4.78, 5) is 14.9. The first kappa shape index (κ1) is 27.1. The quantitative estimate of drug-likeness (QED) is 0.227. The predicted molar refractivity (Wildman–Crippen MR) is 161 cm³/mol. The van der Waals surface area contributed by atoms with Crippen molar-refractivity contribution in [2.24, 2.45) is 0 Å². The first-order valence-electron chi connectivity index (χ1n) is 14.5. The van der Waals surface area contributed by atoms with E-state index in [1.54, 1.807) is 13.2 Å². The lowest BCUT2D eigenvalue weighted by Gasteiger charge is -2.27. The van der Waals surface area contributed by atoms with Crippen LogP contribution < -0.4 is 4.90 Å². The monoisotopic (exact) mass is 552 g/mol. The van der Waals surface area contributed by atoms with Crippen molar-refractivity contribution in [1.82, 2.24) is 24.7 Å². The number of aryl methyl sites for hydroxylation is 2. The Morgan fingerprint density at radius 3 is 2.44 bits per heavy atom. The summed E-state index contributed by atoms with van der Waals surface area (Å²) in [6, 6.07) is 9.97. The molecule has 0 amide bonds. The van der Waals surface area contributed by atoms with Crippen LogP contribution in [0.2, 0.25) is 0 Å². The second-order valence-electron chi connectivity index (χ2n) is 11.1. The number of halogens is 1. The Hall–Kier alpha value is -4.04. The zero-order valence-electron chi connectivity index (χ0n) is 24.5. The average molecular weight is 553 g/mol. The number of H-pyrrole nitrogens is 1. The molecule has 3 aromatic heterocycles. The van der Waals surface area contributed by atoms with Gasteiger partial charge in [-0.05, 0) is 47.6 Å². The van der Waals surface area contributed by atoms with Crippen LogP contribution in [0.25, 0.3) is 27.8 Å². The van der Waals surface area contributed by atoms with Gasteiger partial charge in [-0.3, -0.25) is 0 Å². The molecule has 0 saturated heterocycles. The molecule has 0 atom stereocenters. The Labute approximate surface area is 240 Å². The highest BCUT2D eigenvalue weighted by Crippen LogP contribution is 2.41. The molecule has 8 heteroatoms. The van der Waals surface area contributed by atoms with Gasteiger partial charge in [0.1, 0.15) is 5.82 Å². The topological polar surface area (TPSA) is 71.9 Å². The Bertz CT molecular complexity index is 1680. The van der Waals surface area contributed by atoms with E-state index in [0.717, 1.165) is 70.5 Å². The predicted octanol–water partition coefficient (Wildman–Crippen LogP) is 6.91.